The lowest BCUT2D eigenvalue weighted by Gasteiger charge is -2.19. The molecule has 0 spiro atoms. The zero-order valence-corrected chi connectivity index (χ0v) is 33.9. The normalized spacial score (nSPS) is 14.2. The summed E-state index contributed by atoms with van der Waals surface area (Å²) in [6.07, 6.45) is 50.2. The number of allylic oxidation sites excluding steroid dienone is 11. The van der Waals surface area contributed by atoms with E-state index in [1.807, 2.05) is 6.08 Å². The summed E-state index contributed by atoms with van der Waals surface area (Å²) in [5.74, 6) is -0.411. The van der Waals surface area contributed by atoms with E-state index >= 15 is 0 Å². The lowest BCUT2D eigenvalue weighted by molar-refractivity contribution is -0.153. The third-order valence-corrected chi connectivity index (χ3v) is 9.19. The number of carbonyl (C=O) groups excluding carboxylic acids is 1. The third kappa shape index (κ3) is 39.0. The molecule has 0 amide bonds. The number of unbranched alkanes of at least 4 members (excludes halogenated alkanes) is 15. The molecule has 0 rings (SSSR count). The van der Waals surface area contributed by atoms with Crippen LogP contribution in [-0.4, -0.2) is 43.3 Å². The molecule has 0 fully saturated rings. The monoisotopic (exact) mass is 750 g/mol. The summed E-state index contributed by atoms with van der Waals surface area (Å²) < 4.78 is 33.1. The van der Waals surface area contributed by atoms with Gasteiger partial charge in [-0.25, -0.2) is 4.57 Å². The van der Waals surface area contributed by atoms with Gasteiger partial charge in [0, 0.05) is 13.0 Å². The first kappa shape index (κ1) is 49.8. The van der Waals surface area contributed by atoms with Crippen molar-refractivity contribution in [2.45, 2.75) is 168 Å². The number of esters is 1. The van der Waals surface area contributed by atoms with Crippen LogP contribution in [0.2, 0.25) is 0 Å². The van der Waals surface area contributed by atoms with Gasteiger partial charge in [-0.1, -0.05) is 158 Å². The van der Waals surface area contributed by atoms with E-state index in [0.29, 0.717) is 6.42 Å². The Morgan fingerprint density at radius 3 is 1.62 bits per heavy atom. The van der Waals surface area contributed by atoms with Crippen LogP contribution in [0.3, 0.4) is 0 Å². The molecule has 1 unspecified atom stereocenters. The van der Waals surface area contributed by atoms with E-state index < -0.39 is 19.9 Å². The Morgan fingerprint density at radius 2 is 1.10 bits per heavy atom. The molecule has 0 aliphatic rings. The predicted molar refractivity (Wildman–Crippen MR) is 219 cm³/mol. The number of carbonyl (C=O) groups is 1. The highest BCUT2D eigenvalue weighted by atomic mass is 31.2. The van der Waals surface area contributed by atoms with Crippen molar-refractivity contribution in [2.24, 2.45) is 5.73 Å². The molecule has 0 aliphatic carbocycles. The van der Waals surface area contributed by atoms with Crippen LogP contribution in [0.5, 0.6) is 0 Å². The number of rotatable bonds is 38. The molecule has 0 heterocycles. The van der Waals surface area contributed by atoms with Crippen LogP contribution < -0.4 is 5.73 Å². The third-order valence-electron chi connectivity index (χ3n) is 8.20. The number of ether oxygens (including phenoxy) is 2. The minimum atomic E-state index is -4.31. The van der Waals surface area contributed by atoms with Gasteiger partial charge in [-0.05, 0) is 63.9 Å². The summed E-state index contributed by atoms with van der Waals surface area (Å²) in [6, 6.07) is 0. The maximum Gasteiger partial charge on any atom is 0.472 e. The van der Waals surface area contributed by atoms with Crippen LogP contribution in [0, 0.1) is 0 Å². The molecular weight excluding hydrogens is 673 g/mol. The molecule has 3 N–H and O–H groups in total. The van der Waals surface area contributed by atoms with Gasteiger partial charge in [-0.3, -0.25) is 13.8 Å². The molecule has 0 aromatic rings. The fourth-order valence-corrected chi connectivity index (χ4v) is 6.00. The van der Waals surface area contributed by atoms with Gasteiger partial charge in [-0.15, -0.1) is 0 Å². The maximum atomic E-state index is 12.5. The van der Waals surface area contributed by atoms with Crippen LogP contribution >= 0.6 is 7.82 Å². The number of phosphoric acid groups is 1. The van der Waals surface area contributed by atoms with Crippen LogP contribution in [0.1, 0.15) is 162 Å². The van der Waals surface area contributed by atoms with E-state index in [1.165, 1.54) is 83.5 Å². The lowest BCUT2D eigenvalue weighted by Crippen LogP contribution is -2.27. The van der Waals surface area contributed by atoms with Crippen molar-refractivity contribution >= 4 is 13.8 Å². The molecule has 8 nitrogen and oxygen atoms in total. The number of hydrogen-bond donors (Lipinski definition) is 2. The van der Waals surface area contributed by atoms with Crippen molar-refractivity contribution < 1.29 is 32.8 Å². The van der Waals surface area contributed by atoms with Crippen molar-refractivity contribution in [2.75, 3.05) is 26.4 Å². The van der Waals surface area contributed by atoms with Crippen molar-refractivity contribution in [3.05, 3.63) is 73.1 Å². The lowest BCUT2D eigenvalue weighted by atomic mass is 10.0. The average molecular weight is 750 g/mol. The van der Waals surface area contributed by atoms with Gasteiger partial charge in [0.15, 0.2) is 6.10 Å². The fourth-order valence-electron chi connectivity index (χ4n) is 5.23. The largest absolute Gasteiger partial charge is 0.498 e. The first-order valence-electron chi connectivity index (χ1n) is 20.5. The standard InChI is InChI=1S/C43H76NO7P/c1-3-5-7-9-11-13-15-17-19-21-22-24-26-28-30-32-34-36-43(45)51-42(41-50-52(46,47)49-39-37-44)40-48-38-35-33-31-29-27-25-23-20-18-16-14-12-10-8-6-4-2/h5,7,11,13,17,19,22,24,28,30,35,38,42H,3-4,6,8-10,12,14-16,18,20-21,23,25-27,29,31-34,36-37,39-41,44H2,1-2H3,(H,46,47)/t42-/m1/s1. The van der Waals surface area contributed by atoms with E-state index in [9.17, 15) is 14.3 Å². The highest BCUT2D eigenvalue weighted by Crippen LogP contribution is 2.43. The predicted octanol–water partition coefficient (Wildman–Crippen LogP) is 12.3. The van der Waals surface area contributed by atoms with Gasteiger partial charge in [0.2, 0.25) is 0 Å². The zero-order chi connectivity index (χ0) is 38.1. The van der Waals surface area contributed by atoms with Crippen molar-refractivity contribution in [1.82, 2.24) is 0 Å². The number of phosphoric ester groups is 1. The minimum absolute atomic E-state index is 0.00659. The second-order valence-electron chi connectivity index (χ2n) is 13.2. The van der Waals surface area contributed by atoms with Crippen LogP contribution in [0.15, 0.2) is 73.1 Å². The van der Waals surface area contributed by atoms with Gasteiger partial charge in [-0.2, -0.15) is 0 Å². The second kappa shape index (κ2) is 40.0. The Labute approximate surface area is 318 Å². The number of nitrogens with two attached hydrogens (primary N) is 1. The maximum absolute atomic E-state index is 12.5. The van der Waals surface area contributed by atoms with Crippen LogP contribution in [0.25, 0.3) is 0 Å². The van der Waals surface area contributed by atoms with Gasteiger partial charge in [0.05, 0.1) is 19.5 Å². The van der Waals surface area contributed by atoms with E-state index in [2.05, 4.69) is 74.6 Å². The molecule has 0 saturated carbocycles. The Kier molecular flexibility index (Phi) is 38.3. The van der Waals surface area contributed by atoms with Crippen molar-refractivity contribution in [3.8, 4) is 0 Å². The van der Waals surface area contributed by atoms with Gasteiger partial charge < -0.3 is 20.1 Å². The smallest absolute Gasteiger partial charge is 0.472 e. The summed E-state index contributed by atoms with van der Waals surface area (Å²) in [5, 5.41) is 0. The van der Waals surface area contributed by atoms with Crippen molar-refractivity contribution in [1.29, 1.82) is 0 Å². The molecule has 0 saturated heterocycles. The highest BCUT2D eigenvalue weighted by Gasteiger charge is 2.25. The number of hydrogen-bond acceptors (Lipinski definition) is 7. The van der Waals surface area contributed by atoms with Gasteiger partial charge in [0.1, 0.15) is 6.61 Å². The van der Waals surface area contributed by atoms with Crippen molar-refractivity contribution in [3.63, 3.8) is 0 Å². The second-order valence-corrected chi connectivity index (χ2v) is 14.6. The summed E-state index contributed by atoms with van der Waals surface area (Å²) in [5.41, 5.74) is 5.35. The topological polar surface area (TPSA) is 117 Å². The van der Waals surface area contributed by atoms with Crippen LogP contribution in [0.4, 0.5) is 0 Å². The first-order valence-corrected chi connectivity index (χ1v) is 22.0. The first-order chi connectivity index (χ1) is 25.4. The molecule has 0 radical (unpaired) electrons. The van der Waals surface area contributed by atoms with E-state index in [0.717, 1.165) is 51.4 Å². The highest BCUT2D eigenvalue weighted by molar-refractivity contribution is 7.47. The molecule has 0 aliphatic heterocycles. The molecule has 300 valence electrons. The molecule has 2 atom stereocenters. The molecule has 9 heteroatoms. The van der Waals surface area contributed by atoms with Gasteiger partial charge in [0.25, 0.3) is 0 Å². The molecule has 0 bridgehead atoms. The van der Waals surface area contributed by atoms with E-state index in [1.54, 1.807) is 6.26 Å². The zero-order valence-electron chi connectivity index (χ0n) is 33.0. The van der Waals surface area contributed by atoms with E-state index in [4.69, 9.17) is 24.3 Å². The Morgan fingerprint density at radius 1 is 0.615 bits per heavy atom. The molecular formula is C43H76NO7P. The fraction of sp³-hybridized carbons (Fsp3) is 0.698. The molecule has 0 aromatic carbocycles. The summed E-state index contributed by atoms with van der Waals surface area (Å²) in [7, 11) is -4.31. The quantitative estimate of drug-likeness (QED) is 0.0211. The Hall–Kier alpha value is -2.22. The summed E-state index contributed by atoms with van der Waals surface area (Å²) in [6.45, 7) is 4.05. The Bertz CT molecular complexity index is 1020. The summed E-state index contributed by atoms with van der Waals surface area (Å²) >= 11 is 0. The van der Waals surface area contributed by atoms with E-state index in [-0.39, 0.29) is 32.8 Å². The minimum Gasteiger partial charge on any atom is -0.498 e. The molecule has 52 heavy (non-hydrogen) atoms. The summed E-state index contributed by atoms with van der Waals surface area (Å²) in [4.78, 5) is 22.4. The average Bonchev–Trinajstić information content (AvgIpc) is 3.13. The molecule has 0 aromatic heterocycles. The Balaban J connectivity index is 4.23. The van der Waals surface area contributed by atoms with Gasteiger partial charge >= 0.3 is 13.8 Å². The SMILES string of the molecule is CCC=CCC=CCC=CCC=CCC=CCCCC(=O)O[C@H](COC=CCCCCCCCCCCCCCCCC)COP(=O)(O)OCCN. The van der Waals surface area contributed by atoms with Crippen LogP contribution in [-0.2, 0) is 27.9 Å².